The summed E-state index contributed by atoms with van der Waals surface area (Å²) in [5, 5.41) is 1.79. The first-order chi connectivity index (χ1) is 12.1. The fourth-order valence-corrected chi connectivity index (χ4v) is 3.32. The van der Waals surface area contributed by atoms with Gasteiger partial charge in [0.15, 0.2) is 4.96 Å². The van der Waals surface area contributed by atoms with Crippen molar-refractivity contribution < 1.29 is 9.53 Å². The van der Waals surface area contributed by atoms with Crippen LogP contribution in [0.25, 0.3) is 4.96 Å². The van der Waals surface area contributed by atoms with Crippen molar-refractivity contribution in [3.8, 4) is 0 Å². The summed E-state index contributed by atoms with van der Waals surface area (Å²) < 4.78 is 6.75. The van der Waals surface area contributed by atoms with Gasteiger partial charge in [0.05, 0.1) is 11.3 Å². The molecule has 3 rings (SSSR count). The summed E-state index contributed by atoms with van der Waals surface area (Å²) in [6.07, 6.45) is 1.67. The highest BCUT2D eigenvalue weighted by molar-refractivity contribution is 7.15. The molecule has 2 aromatic heterocycles. The molecule has 7 heteroatoms. The largest absolute Gasteiger partial charge is 0.456 e. The molecule has 0 aliphatic heterocycles. The zero-order chi connectivity index (χ0) is 17.8. The van der Waals surface area contributed by atoms with Crippen molar-refractivity contribution in [1.82, 2.24) is 9.38 Å². The maximum Gasteiger partial charge on any atom is 0.338 e. The average molecular weight is 357 g/mol. The molecule has 0 N–H and O–H groups in total. The number of aromatic nitrogens is 2. The van der Waals surface area contributed by atoms with E-state index in [0.717, 1.165) is 18.8 Å². The lowest BCUT2D eigenvalue weighted by molar-refractivity contribution is 0.0468. The Bertz CT molecular complexity index is 927. The molecule has 0 atom stereocenters. The zero-order valence-electron chi connectivity index (χ0n) is 14.1. The minimum Gasteiger partial charge on any atom is -0.456 e. The van der Waals surface area contributed by atoms with Crippen molar-refractivity contribution in [2.24, 2.45) is 0 Å². The molecule has 0 amide bonds. The van der Waals surface area contributed by atoms with Crippen LogP contribution in [0, 0.1) is 0 Å². The number of esters is 1. The number of rotatable bonds is 6. The molecule has 0 aliphatic rings. The van der Waals surface area contributed by atoms with Gasteiger partial charge in [-0.3, -0.25) is 9.20 Å². The second-order valence-electron chi connectivity index (χ2n) is 5.44. The van der Waals surface area contributed by atoms with Crippen LogP contribution in [-0.4, -0.2) is 28.4 Å². The Labute approximate surface area is 149 Å². The lowest BCUT2D eigenvalue weighted by Gasteiger charge is -2.20. The molecule has 130 valence electrons. The number of hydrogen-bond donors (Lipinski definition) is 0. The predicted octanol–water partition coefficient (Wildman–Crippen LogP) is 2.96. The molecule has 0 saturated carbocycles. The predicted molar refractivity (Wildman–Crippen MR) is 98.5 cm³/mol. The van der Waals surface area contributed by atoms with Crippen LogP contribution in [-0.2, 0) is 11.3 Å². The number of thiazole rings is 1. The Morgan fingerprint density at radius 1 is 1.24 bits per heavy atom. The van der Waals surface area contributed by atoms with Crippen LogP contribution in [0.3, 0.4) is 0 Å². The van der Waals surface area contributed by atoms with E-state index in [9.17, 15) is 9.59 Å². The number of carbonyl (C=O) groups excluding carboxylic acids is 1. The molecule has 2 heterocycles. The maximum atomic E-state index is 12.2. The molecule has 0 aliphatic carbocycles. The summed E-state index contributed by atoms with van der Waals surface area (Å²) in [7, 11) is 0. The summed E-state index contributed by atoms with van der Waals surface area (Å²) in [5.74, 6) is -0.431. The standard InChI is InChI=1S/C18H19N3O3S/c1-3-20(4-2)15-7-5-13(6-8-15)17(23)24-12-14-11-16(22)21-9-10-25-18(21)19-14/h5-11H,3-4,12H2,1-2H3. The van der Waals surface area contributed by atoms with Gasteiger partial charge in [-0.2, -0.15) is 0 Å². The highest BCUT2D eigenvalue weighted by Crippen LogP contribution is 2.16. The van der Waals surface area contributed by atoms with Crippen LogP contribution >= 0.6 is 11.3 Å². The summed E-state index contributed by atoms with van der Waals surface area (Å²) in [6, 6.07) is 8.70. The van der Waals surface area contributed by atoms with E-state index in [-0.39, 0.29) is 12.2 Å². The van der Waals surface area contributed by atoms with Gasteiger partial charge in [0, 0.05) is 36.4 Å². The number of fused-ring (bicyclic) bond motifs is 1. The van der Waals surface area contributed by atoms with Gasteiger partial charge >= 0.3 is 5.97 Å². The summed E-state index contributed by atoms with van der Waals surface area (Å²) >= 11 is 1.36. The van der Waals surface area contributed by atoms with Crippen molar-refractivity contribution in [2.45, 2.75) is 20.5 Å². The smallest absolute Gasteiger partial charge is 0.338 e. The van der Waals surface area contributed by atoms with Gasteiger partial charge in [0.2, 0.25) is 0 Å². The zero-order valence-corrected chi connectivity index (χ0v) is 15.0. The first-order valence-electron chi connectivity index (χ1n) is 8.10. The summed E-state index contributed by atoms with van der Waals surface area (Å²) in [4.78, 5) is 31.2. The third-order valence-electron chi connectivity index (χ3n) is 3.94. The van der Waals surface area contributed by atoms with Crippen molar-refractivity contribution in [3.63, 3.8) is 0 Å². The van der Waals surface area contributed by atoms with E-state index in [1.54, 1.807) is 23.7 Å². The Kier molecular flexibility index (Phi) is 5.14. The van der Waals surface area contributed by atoms with Crippen molar-refractivity contribution in [3.05, 3.63) is 63.5 Å². The molecule has 3 aromatic rings. The number of benzene rings is 1. The highest BCUT2D eigenvalue weighted by Gasteiger charge is 2.10. The van der Waals surface area contributed by atoms with E-state index in [0.29, 0.717) is 16.2 Å². The molecule has 1 aromatic carbocycles. The Morgan fingerprint density at radius 2 is 1.96 bits per heavy atom. The van der Waals surface area contributed by atoms with Crippen LogP contribution in [0.4, 0.5) is 5.69 Å². The lowest BCUT2D eigenvalue weighted by Crippen LogP contribution is -2.21. The van der Waals surface area contributed by atoms with Gasteiger partial charge < -0.3 is 9.64 Å². The van der Waals surface area contributed by atoms with Crippen molar-refractivity contribution in [2.75, 3.05) is 18.0 Å². The molecule has 0 spiro atoms. The molecule has 25 heavy (non-hydrogen) atoms. The molecule has 0 radical (unpaired) electrons. The molecule has 0 fully saturated rings. The number of hydrogen-bond acceptors (Lipinski definition) is 6. The number of nitrogens with zero attached hydrogens (tertiary/aromatic N) is 3. The number of ether oxygens (including phenoxy) is 1. The van der Waals surface area contributed by atoms with Crippen LogP contribution in [0.2, 0.25) is 0 Å². The quantitative estimate of drug-likeness (QED) is 0.635. The monoisotopic (exact) mass is 357 g/mol. The third kappa shape index (κ3) is 3.71. The van der Waals surface area contributed by atoms with E-state index in [1.165, 1.54) is 21.8 Å². The third-order valence-corrected chi connectivity index (χ3v) is 4.70. The molecular weight excluding hydrogens is 338 g/mol. The average Bonchev–Trinajstić information content (AvgIpc) is 3.10. The second kappa shape index (κ2) is 7.48. The van der Waals surface area contributed by atoms with Gasteiger partial charge in [-0.15, -0.1) is 11.3 Å². The number of anilines is 1. The van der Waals surface area contributed by atoms with Crippen molar-refractivity contribution in [1.29, 1.82) is 0 Å². The summed E-state index contributed by atoms with van der Waals surface area (Å²) in [6.45, 7) is 5.97. The molecule has 0 unspecified atom stereocenters. The Hall–Kier alpha value is -2.67. The Morgan fingerprint density at radius 3 is 2.64 bits per heavy atom. The van der Waals surface area contributed by atoms with E-state index in [2.05, 4.69) is 23.7 Å². The SMILES string of the molecule is CCN(CC)c1ccc(C(=O)OCc2cc(=O)n3ccsc3n2)cc1. The minimum atomic E-state index is -0.431. The second-order valence-corrected chi connectivity index (χ2v) is 6.31. The van der Waals surface area contributed by atoms with E-state index < -0.39 is 5.97 Å². The molecule has 0 saturated heterocycles. The Balaban J connectivity index is 1.68. The van der Waals surface area contributed by atoms with Gasteiger partial charge in [0.1, 0.15) is 6.61 Å². The first-order valence-corrected chi connectivity index (χ1v) is 8.98. The molecular formula is C18H19N3O3S. The van der Waals surface area contributed by atoms with Crippen LogP contribution in [0.5, 0.6) is 0 Å². The molecule has 0 bridgehead atoms. The van der Waals surface area contributed by atoms with E-state index in [1.807, 2.05) is 12.1 Å². The van der Waals surface area contributed by atoms with Crippen LogP contribution in [0.15, 0.2) is 46.7 Å². The number of carbonyl (C=O) groups is 1. The highest BCUT2D eigenvalue weighted by atomic mass is 32.1. The summed E-state index contributed by atoms with van der Waals surface area (Å²) in [5.41, 5.74) is 1.81. The van der Waals surface area contributed by atoms with E-state index in [4.69, 9.17) is 4.74 Å². The van der Waals surface area contributed by atoms with Gasteiger partial charge in [-0.25, -0.2) is 9.78 Å². The first kappa shape index (κ1) is 17.2. The topological polar surface area (TPSA) is 63.9 Å². The van der Waals surface area contributed by atoms with Crippen molar-refractivity contribution >= 4 is 28.0 Å². The van der Waals surface area contributed by atoms with E-state index >= 15 is 0 Å². The fraction of sp³-hybridized carbons (Fsp3) is 0.278. The van der Waals surface area contributed by atoms with Crippen LogP contribution in [0.1, 0.15) is 29.9 Å². The lowest BCUT2D eigenvalue weighted by atomic mass is 10.2. The fourth-order valence-electron chi connectivity index (χ4n) is 2.58. The van der Waals surface area contributed by atoms with Gasteiger partial charge in [0.25, 0.3) is 5.56 Å². The van der Waals surface area contributed by atoms with Gasteiger partial charge in [-0.05, 0) is 38.1 Å². The minimum absolute atomic E-state index is 0.0275. The maximum absolute atomic E-state index is 12.2. The van der Waals surface area contributed by atoms with Gasteiger partial charge in [-0.1, -0.05) is 0 Å². The molecule has 6 nitrogen and oxygen atoms in total. The normalized spacial score (nSPS) is 10.8. The van der Waals surface area contributed by atoms with Crippen LogP contribution < -0.4 is 10.5 Å².